The largest absolute Gasteiger partial charge is 0.358 e. The minimum absolute atomic E-state index is 0.662. The Morgan fingerprint density at radius 2 is 1.86 bits per heavy atom. The number of nitrogens with zero attached hydrogens (tertiary/aromatic N) is 1. The van der Waals surface area contributed by atoms with Crippen LogP contribution in [0.2, 0.25) is 0 Å². The van der Waals surface area contributed by atoms with Gasteiger partial charge in [0.15, 0.2) is 0 Å². The SMILES string of the molecule is CC.CC1CC2CN(C)C(C)C2c2c1[nH]c1ccccc21. The van der Waals surface area contributed by atoms with Crippen LogP contribution in [0.1, 0.15) is 57.2 Å². The normalized spacial score (nSPS) is 31.5. The van der Waals surface area contributed by atoms with Gasteiger partial charge in [0.25, 0.3) is 0 Å². The molecule has 1 saturated heterocycles. The van der Waals surface area contributed by atoms with Crippen molar-refractivity contribution in [1.82, 2.24) is 9.88 Å². The van der Waals surface area contributed by atoms with Crippen LogP contribution in [0.25, 0.3) is 10.9 Å². The van der Waals surface area contributed by atoms with E-state index in [-0.39, 0.29) is 0 Å². The molecule has 0 saturated carbocycles. The van der Waals surface area contributed by atoms with E-state index in [1.54, 1.807) is 5.56 Å². The third-order valence-corrected chi connectivity index (χ3v) is 5.50. The van der Waals surface area contributed by atoms with Crippen molar-refractivity contribution in [2.75, 3.05) is 13.6 Å². The van der Waals surface area contributed by atoms with Crippen molar-refractivity contribution >= 4 is 10.9 Å². The third kappa shape index (κ3) is 2.12. The lowest BCUT2D eigenvalue weighted by Crippen LogP contribution is -2.26. The Morgan fingerprint density at radius 3 is 2.62 bits per heavy atom. The van der Waals surface area contributed by atoms with Crippen LogP contribution >= 0.6 is 0 Å². The summed E-state index contributed by atoms with van der Waals surface area (Å²) in [6, 6.07) is 9.49. The summed E-state index contributed by atoms with van der Waals surface area (Å²) in [6.45, 7) is 10.0. The van der Waals surface area contributed by atoms with Crippen molar-refractivity contribution in [2.45, 2.75) is 52.0 Å². The Kier molecular flexibility index (Phi) is 3.83. The molecule has 0 amide bonds. The van der Waals surface area contributed by atoms with Gasteiger partial charge >= 0.3 is 0 Å². The molecule has 4 unspecified atom stereocenters. The summed E-state index contributed by atoms with van der Waals surface area (Å²) < 4.78 is 0. The zero-order valence-corrected chi connectivity index (χ0v) is 14.0. The van der Waals surface area contributed by atoms with Crippen molar-refractivity contribution in [1.29, 1.82) is 0 Å². The monoisotopic (exact) mass is 284 g/mol. The molecule has 2 heterocycles. The summed E-state index contributed by atoms with van der Waals surface area (Å²) in [6.07, 6.45) is 1.33. The number of aromatic amines is 1. The molecular formula is C19H28N2. The fourth-order valence-electron chi connectivity index (χ4n) is 4.52. The number of hydrogen-bond acceptors (Lipinski definition) is 1. The maximum absolute atomic E-state index is 3.70. The van der Waals surface area contributed by atoms with Crippen LogP contribution in [0, 0.1) is 5.92 Å². The van der Waals surface area contributed by atoms with Gasteiger partial charge in [0.2, 0.25) is 0 Å². The van der Waals surface area contributed by atoms with Crippen molar-refractivity contribution in [3.05, 3.63) is 35.5 Å². The number of hydrogen-bond donors (Lipinski definition) is 1. The Balaban J connectivity index is 0.000000636. The van der Waals surface area contributed by atoms with Gasteiger partial charge in [-0.25, -0.2) is 0 Å². The van der Waals surface area contributed by atoms with Crippen LogP contribution in [-0.2, 0) is 0 Å². The van der Waals surface area contributed by atoms with E-state index >= 15 is 0 Å². The number of aromatic nitrogens is 1. The number of likely N-dealkylation sites (tertiary alicyclic amines) is 1. The summed E-state index contributed by atoms with van der Waals surface area (Å²) in [5, 5.41) is 1.46. The van der Waals surface area contributed by atoms with Crippen molar-refractivity contribution in [3.63, 3.8) is 0 Å². The van der Waals surface area contributed by atoms with Crippen molar-refractivity contribution in [3.8, 4) is 0 Å². The Bertz CT molecular complexity index is 628. The second kappa shape index (κ2) is 5.49. The number of likely N-dealkylation sites (N-methyl/N-ethyl adjacent to an activating group) is 1. The van der Waals surface area contributed by atoms with E-state index < -0.39 is 0 Å². The minimum atomic E-state index is 0.662. The standard InChI is InChI=1S/C17H22N2.C2H6/c1-10-8-12-9-19(3)11(2)15(12)16-13-6-4-5-7-14(13)18-17(10)16;1-2/h4-7,10-12,15,18H,8-9H2,1-3H3;1-2H3. The fraction of sp³-hybridized carbons (Fsp3) is 0.579. The van der Waals surface area contributed by atoms with Gasteiger partial charge in [-0.1, -0.05) is 39.0 Å². The number of nitrogens with one attached hydrogen (secondary N) is 1. The van der Waals surface area contributed by atoms with Crippen LogP contribution in [0.5, 0.6) is 0 Å². The van der Waals surface area contributed by atoms with Gasteiger partial charge in [-0.05, 0) is 43.9 Å². The number of benzene rings is 1. The second-order valence-corrected chi connectivity index (χ2v) is 6.60. The van der Waals surface area contributed by atoms with E-state index in [4.69, 9.17) is 0 Å². The molecule has 1 aromatic heterocycles. The molecular weight excluding hydrogens is 256 g/mol. The molecule has 114 valence electrons. The molecule has 2 heteroatoms. The molecule has 2 aromatic rings. The predicted molar refractivity (Wildman–Crippen MR) is 91.0 cm³/mol. The highest BCUT2D eigenvalue weighted by Crippen LogP contribution is 2.50. The minimum Gasteiger partial charge on any atom is -0.358 e. The van der Waals surface area contributed by atoms with Gasteiger partial charge in [0, 0.05) is 35.1 Å². The molecule has 0 bridgehead atoms. The third-order valence-electron chi connectivity index (χ3n) is 5.50. The van der Waals surface area contributed by atoms with E-state index in [0.717, 1.165) is 5.92 Å². The highest BCUT2D eigenvalue weighted by atomic mass is 15.2. The molecule has 21 heavy (non-hydrogen) atoms. The molecule has 0 spiro atoms. The van der Waals surface area contributed by atoms with Gasteiger partial charge < -0.3 is 9.88 Å². The smallest absolute Gasteiger partial charge is 0.0459 e. The van der Waals surface area contributed by atoms with E-state index in [1.807, 2.05) is 13.8 Å². The Hall–Kier alpha value is -1.28. The van der Waals surface area contributed by atoms with Crippen LogP contribution < -0.4 is 0 Å². The molecule has 4 rings (SSSR count). The fourth-order valence-corrected chi connectivity index (χ4v) is 4.52. The molecule has 1 N–H and O–H groups in total. The Labute approximate surface area is 128 Å². The van der Waals surface area contributed by atoms with E-state index in [0.29, 0.717) is 17.9 Å². The molecule has 2 nitrogen and oxygen atoms in total. The van der Waals surface area contributed by atoms with E-state index in [2.05, 4.69) is 55.0 Å². The number of fused-ring (bicyclic) bond motifs is 5. The molecule has 1 aliphatic carbocycles. The van der Waals surface area contributed by atoms with Crippen molar-refractivity contribution in [2.24, 2.45) is 5.92 Å². The average molecular weight is 284 g/mol. The molecule has 1 fully saturated rings. The molecule has 0 radical (unpaired) electrons. The lowest BCUT2D eigenvalue weighted by atomic mass is 9.72. The van der Waals surface area contributed by atoms with E-state index in [9.17, 15) is 0 Å². The second-order valence-electron chi connectivity index (χ2n) is 6.60. The van der Waals surface area contributed by atoms with Crippen molar-refractivity contribution < 1.29 is 0 Å². The first-order valence-corrected chi connectivity index (χ1v) is 8.47. The zero-order valence-electron chi connectivity index (χ0n) is 14.0. The van der Waals surface area contributed by atoms with Gasteiger partial charge in [-0.15, -0.1) is 0 Å². The molecule has 1 aromatic carbocycles. The summed E-state index contributed by atoms with van der Waals surface area (Å²) in [5.41, 5.74) is 4.45. The first-order valence-electron chi connectivity index (χ1n) is 8.47. The van der Waals surface area contributed by atoms with Gasteiger partial charge in [-0.2, -0.15) is 0 Å². The summed E-state index contributed by atoms with van der Waals surface area (Å²) in [5.74, 6) is 2.22. The van der Waals surface area contributed by atoms with Crippen LogP contribution in [0.3, 0.4) is 0 Å². The van der Waals surface area contributed by atoms with E-state index in [1.165, 1.54) is 29.6 Å². The summed E-state index contributed by atoms with van der Waals surface area (Å²) in [4.78, 5) is 6.24. The lowest BCUT2D eigenvalue weighted by Gasteiger charge is -2.32. The highest BCUT2D eigenvalue weighted by molar-refractivity contribution is 5.86. The van der Waals surface area contributed by atoms with Crippen LogP contribution in [0.15, 0.2) is 24.3 Å². The average Bonchev–Trinajstić information content (AvgIpc) is 3.01. The molecule has 4 atom stereocenters. The summed E-state index contributed by atoms with van der Waals surface area (Å²) >= 11 is 0. The molecule has 1 aliphatic heterocycles. The first-order chi connectivity index (χ1) is 10.2. The number of para-hydroxylation sites is 1. The van der Waals surface area contributed by atoms with Gasteiger partial charge in [-0.3, -0.25) is 0 Å². The number of H-pyrrole nitrogens is 1. The zero-order chi connectivity index (χ0) is 15.1. The predicted octanol–water partition coefficient (Wildman–Crippen LogP) is 4.74. The van der Waals surface area contributed by atoms with Crippen LogP contribution in [0.4, 0.5) is 0 Å². The topological polar surface area (TPSA) is 19.0 Å². The molecule has 2 aliphatic rings. The van der Waals surface area contributed by atoms with Gasteiger partial charge in [0.05, 0.1) is 0 Å². The van der Waals surface area contributed by atoms with Gasteiger partial charge in [0.1, 0.15) is 0 Å². The van der Waals surface area contributed by atoms with Crippen LogP contribution in [-0.4, -0.2) is 29.5 Å². The number of rotatable bonds is 0. The highest BCUT2D eigenvalue weighted by Gasteiger charge is 2.44. The lowest BCUT2D eigenvalue weighted by molar-refractivity contribution is 0.317. The maximum Gasteiger partial charge on any atom is 0.0459 e. The Morgan fingerprint density at radius 1 is 1.14 bits per heavy atom. The maximum atomic E-state index is 3.70. The summed E-state index contributed by atoms with van der Waals surface area (Å²) in [7, 11) is 2.28. The quantitative estimate of drug-likeness (QED) is 0.740. The first kappa shape index (κ1) is 14.6.